The second kappa shape index (κ2) is 4.24. The van der Waals surface area contributed by atoms with E-state index in [0.717, 1.165) is 5.56 Å². The van der Waals surface area contributed by atoms with E-state index >= 15 is 0 Å². The first-order valence-electron chi connectivity index (χ1n) is 5.74. The summed E-state index contributed by atoms with van der Waals surface area (Å²) in [6, 6.07) is 10.9. The SMILES string of the molecule is COC1=CC(=O)c2cc(-c3ccccc3)oc2C1=O. The number of ketones is 2. The van der Waals surface area contributed by atoms with Crippen molar-refractivity contribution in [3.05, 3.63) is 59.6 Å². The molecular formula is C15H10O4. The molecule has 0 radical (unpaired) electrons. The molecule has 94 valence electrons. The molecule has 0 bridgehead atoms. The highest BCUT2D eigenvalue weighted by molar-refractivity contribution is 6.22. The summed E-state index contributed by atoms with van der Waals surface area (Å²) >= 11 is 0. The molecule has 2 aromatic rings. The molecule has 4 heteroatoms. The molecule has 0 aliphatic heterocycles. The molecular weight excluding hydrogens is 244 g/mol. The molecule has 1 aliphatic rings. The Kier molecular flexibility index (Phi) is 2.56. The smallest absolute Gasteiger partial charge is 0.263 e. The van der Waals surface area contributed by atoms with E-state index in [1.165, 1.54) is 13.2 Å². The van der Waals surface area contributed by atoms with Crippen molar-refractivity contribution in [3.63, 3.8) is 0 Å². The van der Waals surface area contributed by atoms with Crippen LogP contribution in [0, 0.1) is 0 Å². The van der Waals surface area contributed by atoms with Crippen LogP contribution < -0.4 is 0 Å². The van der Waals surface area contributed by atoms with Crippen molar-refractivity contribution in [2.45, 2.75) is 0 Å². The van der Waals surface area contributed by atoms with Crippen LogP contribution in [0.5, 0.6) is 0 Å². The molecule has 0 saturated carbocycles. The van der Waals surface area contributed by atoms with E-state index in [0.29, 0.717) is 5.76 Å². The van der Waals surface area contributed by atoms with E-state index in [9.17, 15) is 9.59 Å². The molecule has 1 aromatic carbocycles. The maximum absolute atomic E-state index is 12.0. The third kappa shape index (κ3) is 1.78. The number of hydrogen-bond donors (Lipinski definition) is 0. The van der Waals surface area contributed by atoms with Gasteiger partial charge in [-0.15, -0.1) is 0 Å². The molecule has 3 rings (SSSR count). The Morgan fingerprint density at radius 1 is 1.11 bits per heavy atom. The average Bonchev–Trinajstić information content (AvgIpc) is 2.90. The Morgan fingerprint density at radius 2 is 1.84 bits per heavy atom. The molecule has 19 heavy (non-hydrogen) atoms. The Bertz CT molecular complexity index is 692. The lowest BCUT2D eigenvalue weighted by atomic mass is 10.0. The van der Waals surface area contributed by atoms with E-state index in [2.05, 4.69) is 0 Å². The first-order chi connectivity index (χ1) is 9.20. The van der Waals surface area contributed by atoms with Crippen LogP contribution in [0.3, 0.4) is 0 Å². The number of carbonyl (C=O) groups excluding carboxylic acids is 2. The monoisotopic (exact) mass is 254 g/mol. The van der Waals surface area contributed by atoms with Gasteiger partial charge in [-0.1, -0.05) is 30.3 Å². The van der Waals surface area contributed by atoms with E-state index in [4.69, 9.17) is 9.15 Å². The maximum Gasteiger partial charge on any atom is 0.263 e. The van der Waals surface area contributed by atoms with Gasteiger partial charge in [0, 0.05) is 11.6 Å². The second-order valence-electron chi connectivity index (χ2n) is 4.13. The quantitative estimate of drug-likeness (QED) is 0.826. The Hall–Kier alpha value is -2.62. The van der Waals surface area contributed by atoms with Gasteiger partial charge in [0.05, 0.1) is 12.7 Å². The summed E-state index contributed by atoms with van der Waals surface area (Å²) in [7, 11) is 1.35. The summed E-state index contributed by atoms with van der Waals surface area (Å²) in [4.78, 5) is 23.9. The van der Waals surface area contributed by atoms with Crippen LogP contribution in [0.4, 0.5) is 0 Å². The first-order valence-corrected chi connectivity index (χ1v) is 5.74. The van der Waals surface area contributed by atoms with Crippen molar-refractivity contribution in [2.24, 2.45) is 0 Å². The highest BCUT2D eigenvalue weighted by Crippen LogP contribution is 2.30. The van der Waals surface area contributed by atoms with Crippen molar-refractivity contribution in [2.75, 3.05) is 7.11 Å². The minimum atomic E-state index is -0.403. The number of Topliss-reactive ketones (excluding diaryl/α,β-unsaturated/α-hetero) is 1. The molecule has 1 aromatic heterocycles. The van der Waals surface area contributed by atoms with Crippen LogP contribution in [0.25, 0.3) is 11.3 Å². The molecule has 0 unspecified atom stereocenters. The average molecular weight is 254 g/mol. The van der Waals surface area contributed by atoms with Crippen molar-refractivity contribution in [1.29, 1.82) is 0 Å². The Balaban J connectivity index is 2.11. The van der Waals surface area contributed by atoms with Gasteiger partial charge in [0.1, 0.15) is 5.76 Å². The number of allylic oxidation sites excluding steroid dienone is 2. The zero-order valence-electron chi connectivity index (χ0n) is 10.2. The number of rotatable bonds is 2. The van der Waals surface area contributed by atoms with Gasteiger partial charge in [-0.3, -0.25) is 9.59 Å². The van der Waals surface area contributed by atoms with E-state index in [1.807, 2.05) is 30.3 Å². The van der Waals surface area contributed by atoms with E-state index in [1.54, 1.807) is 6.07 Å². The van der Waals surface area contributed by atoms with Gasteiger partial charge in [-0.2, -0.15) is 0 Å². The fourth-order valence-electron chi connectivity index (χ4n) is 2.01. The normalized spacial score (nSPS) is 14.1. The summed E-state index contributed by atoms with van der Waals surface area (Å²) in [5.74, 6) is -0.135. The molecule has 1 heterocycles. The molecule has 4 nitrogen and oxygen atoms in total. The van der Waals surface area contributed by atoms with Crippen molar-refractivity contribution < 1.29 is 18.7 Å². The van der Waals surface area contributed by atoms with Crippen LogP contribution >= 0.6 is 0 Å². The topological polar surface area (TPSA) is 56.5 Å². The predicted octanol–water partition coefficient (Wildman–Crippen LogP) is 2.86. The lowest BCUT2D eigenvalue weighted by Crippen LogP contribution is -2.15. The number of methoxy groups -OCH3 is 1. The zero-order chi connectivity index (χ0) is 13.4. The molecule has 0 fully saturated rings. The first kappa shape index (κ1) is 11.5. The number of ether oxygens (including phenoxy) is 1. The van der Waals surface area contributed by atoms with E-state index in [-0.39, 0.29) is 22.9 Å². The lowest BCUT2D eigenvalue weighted by Gasteiger charge is -2.08. The van der Waals surface area contributed by atoms with Crippen LogP contribution in [0.1, 0.15) is 20.9 Å². The zero-order valence-corrected chi connectivity index (χ0v) is 10.2. The fraction of sp³-hybridized carbons (Fsp3) is 0.0667. The van der Waals surface area contributed by atoms with Crippen LogP contribution in [-0.2, 0) is 4.74 Å². The Labute approximate surface area is 109 Å². The van der Waals surface area contributed by atoms with Gasteiger partial charge in [-0.25, -0.2) is 0 Å². The van der Waals surface area contributed by atoms with Crippen molar-refractivity contribution in [3.8, 4) is 11.3 Å². The number of hydrogen-bond acceptors (Lipinski definition) is 4. The minimum Gasteiger partial charge on any atom is -0.492 e. The molecule has 0 atom stereocenters. The highest BCUT2D eigenvalue weighted by Gasteiger charge is 2.31. The summed E-state index contributed by atoms with van der Waals surface area (Å²) in [5, 5.41) is 0. The standard InChI is InChI=1S/C15H10O4/c1-18-13-8-11(16)10-7-12(19-15(10)14(13)17)9-5-3-2-4-6-9/h2-8H,1H3. The molecule has 1 aliphatic carbocycles. The maximum atomic E-state index is 12.0. The van der Waals surface area contributed by atoms with Crippen LogP contribution in [0.2, 0.25) is 0 Å². The third-order valence-corrected chi connectivity index (χ3v) is 2.97. The number of benzene rings is 1. The van der Waals surface area contributed by atoms with E-state index < -0.39 is 5.78 Å². The summed E-state index contributed by atoms with van der Waals surface area (Å²) in [5.41, 5.74) is 1.10. The van der Waals surface area contributed by atoms with Gasteiger partial charge in [0.15, 0.2) is 17.3 Å². The molecule has 0 N–H and O–H groups in total. The van der Waals surface area contributed by atoms with Gasteiger partial charge >= 0.3 is 0 Å². The third-order valence-electron chi connectivity index (χ3n) is 2.97. The highest BCUT2D eigenvalue weighted by atomic mass is 16.5. The molecule has 0 saturated heterocycles. The van der Waals surface area contributed by atoms with Crippen LogP contribution in [0.15, 0.2) is 52.7 Å². The summed E-state index contributed by atoms with van der Waals surface area (Å²) < 4.78 is 10.4. The molecule has 0 amide bonds. The van der Waals surface area contributed by atoms with Gasteiger partial charge < -0.3 is 9.15 Å². The number of furan rings is 1. The van der Waals surface area contributed by atoms with Gasteiger partial charge in [0.2, 0.25) is 0 Å². The molecule has 0 spiro atoms. The van der Waals surface area contributed by atoms with Gasteiger partial charge in [0.25, 0.3) is 5.78 Å². The van der Waals surface area contributed by atoms with Crippen molar-refractivity contribution in [1.82, 2.24) is 0 Å². The van der Waals surface area contributed by atoms with Crippen LogP contribution in [-0.4, -0.2) is 18.7 Å². The minimum absolute atomic E-state index is 0.00598. The number of carbonyl (C=O) groups is 2. The number of fused-ring (bicyclic) bond motifs is 1. The fourth-order valence-corrected chi connectivity index (χ4v) is 2.01. The van der Waals surface area contributed by atoms with Crippen molar-refractivity contribution >= 4 is 11.6 Å². The predicted molar refractivity (Wildman–Crippen MR) is 67.9 cm³/mol. The largest absolute Gasteiger partial charge is 0.492 e. The van der Waals surface area contributed by atoms with Gasteiger partial charge in [-0.05, 0) is 6.07 Å². The summed E-state index contributed by atoms with van der Waals surface area (Å²) in [6.45, 7) is 0. The Morgan fingerprint density at radius 3 is 2.53 bits per heavy atom. The second-order valence-corrected chi connectivity index (χ2v) is 4.13. The summed E-state index contributed by atoms with van der Waals surface area (Å²) in [6.07, 6.45) is 1.19. The lowest BCUT2D eigenvalue weighted by molar-refractivity contribution is 0.0892.